The molecule has 1 aliphatic rings. The number of nitrogens with zero attached hydrogens (tertiary/aromatic N) is 1. The molecule has 0 aliphatic carbocycles. The van der Waals surface area contributed by atoms with Crippen LogP contribution < -0.4 is 5.73 Å². The molecule has 1 amide bonds. The van der Waals surface area contributed by atoms with E-state index in [1.807, 2.05) is 35.2 Å². The van der Waals surface area contributed by atoms with E-state index in [0.717, 1.165) is 33.8 Å². The topological polar surface area (TPSA) is 46.3 Å². The van der Waals surface area contributed by atoms with Gasteiger partial charge in [-0.2, -0.15) is 0 Å². The van der Waals surface area contributed by atoms with Crippen LogP contribution in [0.15, 0.2) is 40.9 Å². The molecule has 0 aromatic heterocycles. The minimum absolute atomic E-state index is 0.0813. The Balaban J connectivity index is 1.92. The summed E-state index contributed by atoms with van der Waals surface area (Å²) in [5.74, 6) is 0.0813. The Kier molecular flexibility index (Phi) is 3.29. The first-order chi connectivity index (χ1) is 9.13. The average molecular weight is 319 g/mol. The molecule has 0 spiro atoms. The van der Waals surface area contributed by atoms with Crippen molar-refractivity contribution >= 4 is 32.6 Å². The summed E-state index contributed by atoms with van der Waals surface area (Å²) in [5, 5.41) is 2.21. The molecule has 1 fully saturated rings. The summed E-state index contributed by atoms with van der Waals surface area (Å²) in [6, 6.07) is 12.0. The second kappa shape index (κ2) is 4.94. The van der Waals surface area contributed by atoms with Crippen LogP contribution in [0.4, 0.5) is 0 Å². The van der Waals surface area contributed by atoms with Crippen LogP contribution >= 0.6 is 15.9 Å². The first kappa shape index (κ1) is 12.6. The highest BCUT2D eigenvalue weighted by atomic mass is 79.9. The lowest BCUT2D eigenvalue weighted by Crippen LogP contribution is -2.31. The molecule has 1 heterocycles. The van der Waals surface area contributed by atoms with Crippen LogP contribution in [0.2, 0.25) is 0 Å². The lowest BCUT2D eigenvalue weighted by Gasteiger charge is -2.16. The van der Waals surface area contributed by atoms with Crippen LogP contribution in [-0.2, 0) is 0 Å². The smallest absolute Gasteiger partial charge is 0.253 e. The molecule has 2 aromatic rings. The van der Waals surface area contributed by atoms with E-state index in [0.29, 0.717) is 6.54 Å². The van der Waals surface area contributed by atoms with Gasteiger partial charge >= 0.3 is 0 Å². The first-order valence-electron chi connectivity index (χ1n) is 6.38. The summed E-state index contributed by atoms with van der Waals surface area (Å²) in [7, 11) is 0. The van der Waals surface area contributed by atoms with Gasteiger partial charge in [-0.05, 0) is 41.5 Å². The van der Waals surface area contributed by atoms with E-state index in [2.05, 4.69) is 22.0 Å². The van der Waals surface area contributed by atoms with Gasteiger partial charge in [0.2, 0.25) is 0 Å². The number of fused-ring (bicyclic) bond motifs is 1. The van der Waals surface area contributed by atoms with Crippen molar-refractivity contribution in [2.75, 3.05) is 13.1 Å². The van der Waals surface area contributed by atoms with E-state index in [1.165, 1.54) is 0 Å². The Morgan fingerprint density at radius 3 is 2.68 bits per heavy atom. The predicted octanol–water partition coefficient (Wildman–Crippen LogP) is 2.78. The average Bonchev–Trinajstić information content (AvgIpc) is 2.84. The van der Waals surface area contributed by atoms with Gasteiger partial charge < -0.3 is 10.6 Å². The van der Waals surface area contributed by atoms with E-state index >= 15 is 0 Å². The molecule has 1 saturated heterocycles. The number of hydrogen-bond donors (Lipinski definition) is 1. The SMILES string of the molecule is N[C@@H]1CCN(C(=O)c2ccc3cc(Br)ccc3c2)C1. The van der Waals surface area contributed by atoms with Gasteiger partial charge in [0.25, 0.3) is 5.91 Å². The van der Waals surface area contributed by atoms with Crippen molar-refractivity contribution < 1.29 is 4.79 Å². The highest BCUT2D eigenvalue weighted by Crippen LogP contribution is 2.22. The zero-order valence-corrected chi connectivity index (χ0v) is 12.1. The maximum atomic E-state index is 12.4. The molecule has 1 atom stereocenters. The van der Waals surface area contributed by atoms with Crippen molar-refractivity contribution in [3.05, 3.63) is 46.4 Å². The van der Waals surface area contributed by atoms with Gasteiger partial charge in [-0.1, -0.05) is 28.1 Å². The fourth-order valence-electron chi connectivity index (χ4n) is 2.50. The maximum Gasteiger partial charge on any atom is 0.253 e. The predicted molar refractivity (Wildman–Crippen MR) is 80.1 cm³/mol. The van der Waals surface area contributed by atoms with Gasteiger partial charge in [0.05, 0.1) is 0 Å². The molecule has 0 bridgehead atoms. The number of benzene rings is 2. The third-order valence-electron chi connectivity index (χ3n) is 3.56. The fraction of sp³-hybridized carbons (Fsp3) is 0.267. The number of likely N-dealkylation sites (tertiary alicyclic amines) is 1. The van der Waals surface area contributed by atoms with Gasteiger partial charge in [-0.25, -0.2) is 0 Å². The normalized spacial score (nSPS) is 19.1. The molecule has 4 heteroatoms. The summed E-state index contributed by atoms with van der Waals surface area (Å²) in [6.45, 7) is 1.43. The zero-order valence-electron chi connectivity index (χ0n) is 10.5. The Bertz CT molecular complexity index is 641. The molecule has 3 nitrogen and oxygen atoms in total. The quantitative estimate of drug-likeness (QED) is 0.878. The van der Waals surface area contributed by atoms with Crippen LogP contribution in [0.25, 0.3) is 10.8 Å². The molecular formula is C15H15BrN2O. The standard InChI is InChI=1S/C15H15BrN2O/c16-13-4-3-10-7-12(2-1-11(10)8-13)15(19)18-6-5-14(17)9-18/h1-4,7-8,14H,5-6,9,17H2/t14-/m1/s1. The van der Waals surface area contributed by atoms with E-state index in [9.17, 15) is 4.79 Å². The molecule has 2 aromatic carbocycles. The molecule has 3 rings (SSSR count). The molecule has 98 valence electrons. The summed E-state index contributed by atoms with van der Waals surface area (Å²) < 4.78 is 1.05. The van der Waals surface area contributed by atoms with Crippen molar-refractivity contribution in [1.29, 1.82) is 0 Å². The molecule has 0 unspecified atom stereocenters. The Hall–Kier alpha value is -1.39. The van der Waals surface area contributed by atoms with E-state index < -0.39 is 0 Å². The van der Waals surface area contributed by atoms with E-state index in [-0.39, 0.29) is 11.9 Å². The van der Waals surface area contributed by atoms with Gasteiger partial charge in [-0.3, -0.25) is 4.79 Å². The molecule has 0 saturated carbocycles. The second-order valence-electron chi connectivity index (χ2n) is 5.01. The zero-order chi connectivity index (χ0) is 13.4. The lowest BCUT2D eigenvalue weighted by molar-refractivity contribution is 0.0791. The van der Waals surface area contributed by atoms with Gasteiger partial charge in [-0.15, -0.1) is 0 Å². The summed E-state index contributed by atoms with van der Waals surface area (Å²) in [4.78, 5) is 14.2. The lowest BCUT2D eigenvalue weighted by atomic mass is 10.1. The van der Waals surface area contributed by atoms with Gasteiger partial charge in [0.1, 0.15) is 0 Å². The summed E-state index contributed by atoms with van der Waals surface area (Å²) >= 11 is 3.45. The molecular weight excluding hydrogens is 304 g/mol. The van der Waals surface area contributed by atoms with Crippen molar-refractivity contribution in [3.8, 4) is 0 Å². The van der Waals surface area contributed by atoms with Crippen LogP contribution in [0.5, 0.6) is 0 Å². The van der Waals surface area contributed by atoms with Gasteiger partial charge in [0, 0.05) is 29.2 Å². The van der Waals surface area contributed by atoms with Crippen molar-refractivity contribution in [1.82, 2.24) is 4.90 Å². The number of rotatable bonds is 1. The number of hydrogen-bond acceptors (Lipinski definition) is 2. The highest BCUT2D eigenvalue weighted by Gasteiger charge is 2.24. The Morgan fingerprint density at radius 1 is 1.21 bits per heavy atom. The van der Waals surface area contributed by atoms with Gasteiger partial charge in [0.15, 0.2) is 0 Å². The largest absolute Gasteiger partial charge is 0.337 e. The Morgan fingerprint density at radius 2 is 1.95 bits per heavy atom. The number of carbonyl (C=O) groups is 1. The van der Waals surface area contributed by atoms with E-state index in [4.69, 9.17) is 5.73 Å². The number of halogens is 1. The Labute approximate surface area is 120 Å². The summed E-state index contributed by atoms with van der Waals surface area (Å²) in [5.41, 5.74) is 6.59. The van der Waals surface area contributed by atoms with Crippen LogP contribution in [0.3, 0.4) is 0 Å². The highest BCUT2D eigenvalue weighted by molar-refractivity contribution is 9.10. The minimum atomic E-state index is 0.0813. The molecule has 0 radical (unpaired) electrons. The monoisotopic (exact) mass is 318 g/mol. The minimum Gasteiger partial charge on any atom is -0.337 e. The first-order valence-corrected chi connectivity index (χ1v) is 7.17. The number of amides is 1. The summed E-state index contributed by atoms with van der Waals surface area (Å²) in [6.07, 6.45) is 0.895. The van der Waals surface area contributed by atoms with Crippen LogP contribution in [0, 0.1) is 0 Å². The van der Waals surface area contributed by atoms with Crippen molar-refractivity contribution in [3.63, 3.8) is 0 Å². The van der Waals surface area contributed by atoms with Crippen molar-refractivity contribution in [2.45, 2.75) is 12.5 Å². The molecule has 19 heavy (non-hydrogen) atoms. The maximum absolute atomic E-state index is 12.4. The molecule has 1 aliphatic heterocycles. The van der Waals surface area contributed by atoms with Crippen LogP contribution in [-0.4, -0.2) is 29.9 Å². The molecule has 2 N–H and O–H groups in total. The third-order valence-corrected chi connectivity index (χ3v) is 4.05. The van der Waals surface area contributed by atoms with Crippen LogP contribution in [0.1, 0.15) is 16.8 Å². The number of nitrogens with two attached hydrogens (primary N) is 1. The van der Waals surface area contributed by atoms with E-state index in [1.54, 1.807) is 0 Å². The van der Waals surface area contributed by atoms with Crippen molar-refractivity contribution in [2.24, 2.45) is 5.73 Å². The second-order valence-corrected chi connectivity index (χ2v) is 5.92. The fourth-order valence-corrected chi connectivity index (χ4v) is 2.88. The number of carbonyl (C=O) groups excluding carboxylic acids is 1. The third kappa shape index (κ3) is 2.51.